The van der Waals surface area contributed by atoms with Crippen LogP contribution < -0.4 is 0 Å². The smallest absolute Gasteiger partial charge is 0.148 e. The minimum Gasteiger partial charge on any atom is -0.394 e. The molecule has 0 radical (unpaired) electrons. The van der Waals surface area contributed by atoms with Gasteiger partial charge in [-0.2, -0.15) is 0 Å². The number of hydrogen-bond donors (Lipinski definition) is 1. The van der Waals surface area contributed by atoms with E-state index in [1.54, 1.807) is 0 Å². The summed E-state index contributed by atoms with van der Waals surface area (Å²) in [5.41, 5.74) is 0. The molecule has 1 fully saturated rings. The molecule has 0 amide bonds. The van der Waals surface area contributed by atoms with Crippen molar-refractivity contribution in [2.75, 3.05) is 13.4 Å². The number of hydrogen-bond acceptors (Lipinski definition) is 3. The lowest BCUT2D eigenvalue weighted by Crippen LogP contribution is -2.24. The minimum absolute atomic E-state index is 0.0317. The van der Waals surface area contributed by atoms with Crippen LogP contribution in [0.25, 0.3) is 0 Å². The fourth-order valence-electron chi connectivity index (χ4n) is 1.49. The van der Waals surface area contributed by atoms with Gasteiger partial charge in [-0.1, -0.05) is 31.9 Å². The van der Waals surface area contributed by atoms with Gasteiger partial charge in [0.1, 0.15) is 19.0 Å². The average Bonchev–Trinajstić information content (AvgIpc) is 2.65. The molecule has 1 N–H and O–H groups in total. The molecule has 3 heteroatoms. The van der Waals surface area contributed by atoms with Crippen molar-refractivity contribution >= 4 is 0 Å². The molecule has 0 aromatic rings. The molecule has 1 aliphatic heterocycles. The molecule has 14 heavy (non-hydrogen) atoms. The average molecular weight is 200 g/mol. The first-order chi connectivity index (χ1) is 6.88. The first-order valence-electron chi connectivity index (χ1n) is 5.39. The summed E-state index contributed by atoms with van der Waals surface area (Å²) in [6, 6.07) is 0. The van der Waals surface area contributed by atoms with Gasteiger partial charge in [-0.05, 0) is 12.8 Å². The Hall–Kier alpha value is -0.380. The van der Waals surface area contributed by atoms with Crippen LogP contribution >= 0.6 is 0 Å². The molecular formula is C11H20O3. The van der Waals surface area contributed by atoms with Crippen LogP contribution in [0.4, 0.5) is 0 Å². The summed E-state index contributed by atoms with van der Waals surface area (Å²) in [6.07, 6.45) is 8.74. The summed E-state index contributed by atoms with van der Waals surface area (Å²) in [7, 11) is 0. The molecule has 0 unspecified atom stereocenters. The zero-order valence-corrected chi connectivity index (χ0v) is 8.82. The molecule has 82 valence electrons. The van der Waals surface area contributed by atoms with Crippen molar-refractivity contribution in [3.63, 3.8) is 0 Å². The van der Waals surface area contributed by atoms with E-state index >= 15 is 0 Å². The van der Waals surface area contributed by atoms with E-state index in [1.807, 2.05) is 6.08 Å². The Balaban J connectivity index is 2.15. The fourth-order valence-corrected chi connectivity index (χ4v) is 1.49. The van der Waals surface area contributed by atoms with Gasteiger partial charge in [0.2, 0.25) is 0 Å². The number of unbranched alkanes of at least 4 members (excludes halogenated alkanes) is 3. The zero-order chi connectivity index (χ0) is 10.2. The summed E-state index contributed by atoms with van der Waals surface area (Å²) < 4.78 is 10.5. The Labute approximate surface area is 85.7 Å². The summed E-state index contributed by atoms with van der Waals surface area (Å²) >= 11 is 0. The largest absolute Gasteiger partial charge is 0.394 e. The van der Waals surface area contributed by atoms with Crippen molar-refractivity contribution in [2.24, 2.45) is 0 Å². The molecule has 0 aromatic carbocycles. The number of aliphatic hydroxyl groups excluding tert-OH is 1. The van der Waals surface area contributed by atoms with Gasteiger partial charge in [0, 0.05) is 0 Å². The van der Waals surface area contributed by atoms with Crippen molar-refractivity contribution < 1.29 is 14.6 Å². The van der Waals surface area contributed by atoms with Crippen LogP contribution in [0.5, 0.6) is 0 Å². The lowest BCUT2D eigenvalue weighted by atomic mass is 10.1. The highest BCUT2D eigenvalue weighted by Crippen LogP contribution is 2.14. The number of rotatable bonds is 6. The molecule has 0 bridgehead atoms. The van der Waals surface area contributed by atoms with E-state index < -0.39 is 0 Å². The van der Waals surface area contributed by atoms with E-state index in [0.29, 0.717) is 6.79 Å². The quantitative estimate of drug-likeness (QED) is 0.525. The highest BCUT2D eigenvalue weighted by molar-refractivity contribution is 4.95. The number of ether oxygens (including phenoxy) is 2. The van der Waals surface area contributed by atoms with Crippen LogP contribution in [-0.4, -0.2) is 30.7 Å². The first kappa shape index (κ1) is 11.7. The lowest BCUT2D eigenvalue weighted by Gasteiger charge is -2.09. The van der Waals surface area contributed by atoms with Crippen molar-refractivity contribution in [1.29, 1.82) is 0 Å². The predicted octanol–water partition coefficient (Wildman–Crippen LogP) is 1.86. The normalized spacial score (nSPS) is 27.6. The monoisotopic (exact) mass is 200 g/mol. The van der Waals surface area contributed by atoms with Crippen LogP contribution in [0.3, 0.4) is 0 Å². The molecule has 0 spiro atoms. The Morgan fingerprint density at radius 3 is 2.93 bits per heavy atom. The van der Waals surface area contributed by atoms with E-state index in [-0.39, 0.29) is 18.8 Å². The highest BCUT2D eigenvalue weighted by Gasteiger charge is 2.25. The summed E-state index contributed by atoms with van der Waals surface area (Å²) in [4.78, 5) is 0. The van der Waals surface area contributed by atoms with Gasteiger partial charge >= 0.3 is 0 Å². The van der Waals surface area contributed by atoms with Gasteiger partial charge in [0.15, 0.2) is 0 Å². The molecule has 1 heterocycles. The van der Waals surface area contributed by atoms with Crippen LogP contribution in [-0.2, 0) is 9.47 Å². The van der Waals surface area contributed by atoms with Gasteiger partial charge in [-0.25, -0.2) is 0 Å². The van der Waals surface area contributed by atoms with E-state index in [9.17, 15) is 0 Å². The first-order valence-corrected chi connectivity index (χ1v) is 5.39. The van der Waals surface area contributed by atoms with Crippen LogP contribution in [0.15, 0.2) is 12.2 Å². The van der Waals surface area contributed by atoms with Crippen LogP contribution in [0.1, 0.15) is 32.6 Å². The molecular weight excluding hydrogens is 180 g/mol. The second-order valence-corrected chi connectivity index (χ2v) is 3.56. The molecule has 1 saturated heterocycles. The molecule has 0 aliphatic carbocycles. The molecule has 0 saturated carbocycles. The second-order valence-electron chi connectivity index (χ2n) is 3.56. The SMILES string of the molecule is CCCCC/C=C\[C@H]1OCO[C@H]1CO. The Morgan fingerprint density at radius 1 is 1.36 bits per heavy atom. The van der Waals surface area contributed by atoms with Gasteiger partial charge < -0.3 is 14.6 Å². The summed E-state index contributed by atoms with van der Waals surface area (Å²) in [5.74, 6) is 0. The van der Waals surface area contributed by atoms with E-state index in [2.05, 4.69) is 13.0 Å². The standard InChI is InChI=1S/C11H20O3/c1-2-3-4-5-6-7-10-11(8-12)14-9-13-10/h6-7,10-12H,2-5,8-9H2,1H3/b7-6-/t10-,11+/m1/s1. The molecule has 0 aromatic heterocycles. The third-order valence-corrected chi connectivity index (χ3v) is 2.39. The van der Waals surface area contributed by atoms with Gasteiger partial charge in [-0.3, -0.25) is 0 Å². The number of aliphatic hydroxyl groups is 1. The van der Waals surface area contributed by atoms with E-state index in [4.69, 9.17) is 14.6 Å². The fraction of sp³-hybridized carbons (Fsp3) is 0.818. The lowest BCUT2D eigenvalue weighted by molar-refractivity contribution is 0.0274. The molecule has 1 rings (SSSR count). The molecule has 2 atom stereocenters. The van der Waals surface area contributed by atoms with Crippen molar-refractivity contribution in [2.45, 2.75) is 44.8 Å². The highest BCUT2D eigenvalue weighted by atomic mass is 16.7. The number of allylic oxidation sites excluding steroid dienone is 1. The zero-order valence-electron chi connectivity index (χ0n) is 8.82. The third-order valence-electron chi connectivity index (χ3n) is 2.39. The van der Waals surface area contributed by atoms with Crippen molar-refractivity contribution in [3.8, 4) is 0 Å². The maximum absolute atomic E-state index is 8.94. The van der Waals surface area contributed by atoms with Gasteiger partial charge in [0.05, 0.1) is 6.61 Å². The second kappa shape index (κ2) is 6.98. The third kappa shape index (κ3) is 3.78. The minimum atomic E-state index is -0.169. The van der Waals surface area contributed by atoms with Crippen molar-refractivity contribution in [1.82, 2.24) is 0 Å². The Morgan fingerprint density at radius 2 is 2.21 bits per heavy atom. The Kier molecular flexibility index (Phi) is 5.83. The maximum atomic E-state index is 8.94. The molecule has 1 aliphatic rings. The topological polar surface area (TPSA) is 38.7 Å². The molecule has 3 nitrogen and oxygen atoms in total. The Bertz CT molecular complexity index is 168. The maximum Gasteiger partial charge on any atom is 0.148 e. The van der Waals surface area contributed by atoms with Crippen LogP contribution in [0.2, 0.25) is 0 Å². The summed E-state index contributed by atoms with van der Waals surface area (Å²) in [5, 5.41) is 8.94. The van der Waals surface area contributed by atoms with E-state index in [1.165, 1.54) is 19.3 Å². The predicted molar refractivity (Wildman–Crippen MR) is 55.0 cm³/mol. The van der Waals surface area contributed by atoms with E-state index in [0.717, 1.165) is 6.42 Å². The summed E-state index contributed by atoms with van der Waals surface area (Å²) in [6.45, 7) is 2.53. The van der Waals surface area contributed by atoms with Crippen molar-refractivity contribution in [3.05, 3.63) is 12.2 Å². The van der Waals surface area contributed by atoms with Gasteiger partial charge in [0.25, 0.3) is 0 Å². The van der Waals surface area contributed by atoms with Gasteiger partial charge in [-0.15, -0.1) is 0 Å². The van der Waals surface area contributed by atoms with Crippen LogP contribution in [0, 0.1) is 0 Å².